The Kier molecular flexibility index (Phi) is 4.35. The van der Waals surface area contributed by atoms with Crippen molar-refractivity contribution in [2.75, 3.05) is 18.8 Å². The zero-order valence-corrected chi connectivity index (χ0v) is 13.0. The highest BCUT2D eigenvalue weighted by atomic mass is 16.2. The molecule has 112 valence electrons. The van der Waals surface area contributed by atoms with Crippen molar-refractivity contribution in [3.05, 3.63) is 11.4 Å². The van der Waals surface area contributed by atoms with E-state index in [-0.39, 0.29) is 5.91 Å². The van der Waals surface area contributed by atoms with Crippen molar-refractivity contribution >= 4 is 11.6 Å². The molecule has 1 fully saturated rings. The molecule has 0 spiro atoms. The molecule has 1 aromatic rings. The average molecular weight is 278 g/mol. The number of nitrogens with zero attached hydrogens (tertiary/aromatic N) is 3. The Hall–Kier alpha value is -1.52. The van der Waals surface area contributed by atoms with E-state index >= 15 is 0 Å². The quantitative estimate of drug-likeness (QED) is 0.922. The standard InChI is InChI=1S/C15H26N4O/c1-5-19-14(13(16)11(4)17-19)15(20)18-8-6-12(7-9-18)10(2)3/h10,12H,5-9,16H2,1-4H3. The van der Waals surface area contributed by atoms with Gasteiger partial charge in [0.25, 0.3) is 5.91 Å². The molecule has 2 N–H and O–H groups in total. The number of aromatic nitrogens is 2. The van der Waals surface area contributed by atoms with Crippen LogP contribution in [0.1, 0.15) is 49.8 Å². The maximum Gasteiger partial charge on any atom is 0.274 e. The smallest absolute Gasteiger partial charge is 0.274 e. The van der Waals surface area contributed by atoms with E-state index in [9.17, 15) is 4.79 Å². The van der Waals surface area contributed by atoms with Gasteiger partial charge in [0.2, 0.25) is 0 Å². The number of anilines is 1. The lowest BCUT2D eigenvalue weighted by Crippen LogP contribution is -2.40. The first-order valence-corrected chi connectivity index (χ1v) is 7.57. The molecule has 0 saturated carbocycles. The molecule has 2 heterocycles. The van der Waals surface area contributed by atoms with E-state index in [0.29, 0.717) is 23.8 Å². The van der Waals surface area contributed by atoms with Crippen LogP contribution in [0, 0.1) is 18.8 Å². The van der Waals surface area contributed by atoms with E-state index in [1.807, 2.05) is 18.7 Å². The lowest BCUT2D eigenvalue weighted by Gasteiger charge is -2.34. The SMILES string of the molecule is CCn1nc(C)c(N)c1C(=O)N1CCC(C(C)C)CC1. The van der Waals surface area contributed by atoms with Gasteiger partial charge in [0.1, 0.15) is 5.69 Å². The minimum Gasteiger partial charge on any atom is -0.395 e. The molecule has 0 unspecified atom stereocenters. The Morgan fingerprint density at radius 3 is 2.50 bits per heavy atom. The molecule has 0 atom stereocenters. The molecular formula is C15H26N4O. The fourth-order valence-electron chi connectivity index (χ4n) is 2.97. The summed E-state index contributed by atoms with van der Waals surface area (Å²) in [7, 11) is 0. The predicted octanol–water partition coefficient (Wildman–Crippen LogP) is 2.30. The minimum absolute atomic E-state index is 0.0344. The summed E-state index contributed by atoms with van der Waals surface area (Å²) in [5.74, 6) is 1.46. The molecule has 0 bridgehead atoms. The molecule has 1 amide bonds. The maximum absolute atomic E-state index is 12.7. The first-order chi connectivity index (χ1) is 9.45. The Morgan fingerprint density at radius 1 is 1.40 bits per heavy atom. The second-order valence-electron chi connectivity index (χ2n) is 6.04. The van der Waals surface area contributed by atoms with Gasteiger partial charge in [-0.3, -0.25) is 9.48 Å². The molecular weight excluding hydrogens is 252 g/mol. The van der Waals surface area contributed by atoms with Crippen LogP contribution in [0.4, 0.5) is 5.69 Å². The van der Waals surface area contributed by atoms with Crippen molar-refractivity contribution in [2.45, 2.75) is 47.1 Å². The zero-order chi connectivity index (χ0) is 14.9. The second-order valence-corrected chi connectivity index (χ2v) is 6.04. The molecule has 0 aliphatic carbocycles. The highest BCUT2D eigenvalue weighted by Gasteiger charge is 2.28. The maximum atomic E-state index is 12.7. The van der Waals surface area contributed by atoms with E-state index in [2.05, 4.69) is 18.9 Å². The summed E-state index contributed by atoms with van der Waals surface area (Å²) in [6.07, 6.45) is 2.17. The lowest BCUT2D eigenvalue weighted by atomic mass is 9.86. The summed E-state index contributed by atoms with van der Waals surface area (Å²) in [5, 5.41) is 4.33. The predicted molar refractivity (Wildman–Crippen MR) is 80.5 cm³/mol. The van der Waals surface area contributed by atoms with Gasteiger partial charge in [-0.1, -0.05) is 13.8 Å². The summed E-state index contributed by atoms with van der Waals surface area (Å²) >= 11 is 0. The number of hydrogen-bond donors (Lipinski definition) is 1. The monoisotopic (exact) mass is 278 g/mol. The van der Waals surface area contributed by atoms with E-state index in [0.717, 1.165) is 37.5 Å². The third-order valence-electron chi connectivity index (χ3n) is 4.45. The van der Waals surface area contributed by atoms with Gasteiger partial charge in [-0.15, -0.1) is 0 Å². The first kappa shape index (κ1) is 14.9. The van der Waals surface area contributed by atoms with Crippen molar-refractivity contribution in [3.8, 4) is 0 Å². The van der Waals surface area contributed by atoms with Crippen LogP contribution in [0.15, 0.2) is 0 Å². The number of rotatable bonds is 3. The van der Waals surface area contributed by atoms with Crippen molar-refractivity contribution in [1.82, 2.24) is 14.7 Å². The van der Waals surface area contributed by atoms with Gasteiger partial charge < -0.3 is 10.6 Å². The van der Waals surface area contributed by atoms with Gasteiger partial charge in [0.15, 0.2) is 0 Å². The van der Waals surface area contributed by atoms with Crippen molar-refractivity contribution in [1.29, 1.82) is 0 Å². The fraction of sp³-hybridized carbons (Fsp3) is 0.733. The van der Waals surface area contributed by atoms with Crippen LogP contribution in [0.5, 0.6) is 0 Å². The number of carbonyl (C=O) groups excluding carboxylic acids is 1. The lowest BCUT2D eigenvalue weighted by molar-refractivity contribution is 0.0656. The second kappa shape index (κ2) is 5.85. The number of hydrogen-bond acceptors (Lipinski definition) is 3. The summed E-state index contributed by atoms with van der Waals surface area (Å²) in [6, 6.07) is 0. The van der Waals surface area contributed by atoms with Gasteiger partial charge in [0, 0.05) is 19.6 Å². The number of nitrogen functional groups attached to an aromatic ring is 1. The van der Waals surface area contributed by atoms with Gasteiger partial charge in [-0.25, -0.2) is 0 Å². The van der Waals surface area contributed by atoms with Gasteiger partial charge >= 0.3 is 0 Å². The third-order valence-corrected chi connectivity index (χ3v) is 4.45. The molecule has 0 aromatic carbocycles. The average Bonchev–Trinajstić information content (AvgIpc) is 2.73. The van der Waals surface area contributed by atoms with Crippen LogP contribution in [0.2, 0.25) is 0 Å². The van der Waals surface area contributed by atoms with E-state index in [4.69, 9.17) is 5.73 Å². The molecule has 5 nitrogen and oxygen atoms in total. The van der Waals surface area contributed by atoms with Gasteiger partial charge in [-0.05, 0) is 38.5 Å². The van der Waals surface area contributed by atoms with Crippen LogP contribution in [0.3, 0.4) is 0 Å². The van der Waals surface area contributed by atoms with E-state index in [1.165, 1.54) is 0 Å². The van der Waals surface area contributed by atoms with Crippen molar-refractivity contribution < 1.29 is 4.79 Å². The van der Waals surface area contributed by atoms with E-state index < -0.39 is 0 Å². The van der Waals surface area contributed by atoms with Crippen molar-refractivity contribution in [3.63, 3.8) is 0 Å². The van der Waals surface area contributed by atoms with Gasteiger partial charge in [0.05, 0.1) is 11.4 Å². The molecule has 1 aromatic heterocycles. The van der Waals surface area contributed by atoms with Crippen LogP contribution in [-0.2, 0) is 6.54 Å². The summed E-state index contributed by atoms with van der Waals surface area (Å²) < 4.78 is 1.72. The summed E-state index contributed by atoms with van der Waals surface area (Å²) in [6.45, 7) is 10.7. The summed E-state index contributed by atoms with van der Waals surface area (Å²) in [5.41, 5.74) is 7.87. The van der Waals surface area contributed by atoms with Crippen molar-refractivity contribution in [2.24, 2.45) is 11.8 Å². The minimum atomic E-state index is 0.0344. The number of piperidine rings is 1. The van der Waals surface area contributed by atoms with Crippen LogP contribution < -0.4 is 5.73 Å². The Morgan fingerprint density at radius 2 is 2.00 bits per heavy atom. The topological polar surface area (TPSA) is 64.2 Å². The fourth-order valence-corrected chi connectivity index (χ4v) is 2.97. The van der Waals surface area contributed by atoms with Gasteiger partial charge in [-0.2, -0.15) is 5.10 Å². The molecule has 20 heavy (non-hydrogen) atoms. The molecule has 1 saturated heterocycles. The Labute approximate surface area is 121 Å². The molecule has 1 aliphatic heterocycles. The van der Waals surface area contributed by atoms with Crippen LogP contribution in [0.25, 0.3) is 0 Å². The third kappa shape index (κ3) is 2.67. The molecule has 0 radical (unpaired) electrons. The molecule has 1 aliphatic rings. The number of aryl methyl sites for hydroxylation is 2. The Balaban J connectivity index is 2.13. The number of carbonyl (C=O) groups is 1. The zero-order valence-electron chi connectivity index (χ0n) is 13.0. The first-order valence-electron chi connectivity index (χ1n) is 7.57. The summed E-state index contributed by atoms with van der Waals surface area (Å²) in [4.78, 5) is 14.6. The normalized spacial score (nSPS) is 16.9. The molecule has 5 heteroatoms. The van der Waals surface area contributed by atoms with Crippen LogP contribution >= 0.6 is 0 Å². The highest BCUT2D eigenvalue weighted by Crippen LogP contribution is 2.26. The Bertz CT molecular complexity index is 484. The number of nitrogens with two attached hydrogens (primary N) is 1. The largest absolute Gasteiger partial charge is 0.395 e. The number of amides is 1. The van der Waals surface area contributed by atoms with E-state index in [1.54, 1.807) is 4.68 Å². The van der Waals surface area contributed by atoms with Crippen LogP contribution in [-0.4, -0.2) is 33.7 Å². The molecule has 2 rings (SSSR count). The number of likely N-dealkylation sites (tertiary alicyclic amines) is 1. The highest BCUT2D eigenvalue weighted by molar-refractivity contribution is 5.98.